The summed E-state index contributed by atoms with van der Waals surface area (Å²) in [6, 6.07) is 0. The quantitative estimate of drug-likeness (QED) is 0.223. The minimum atomic E-state index is -4.67. The number of hydrogen-bond donors (Lipinski definition) is 4. The van der Waals surface area contributed by atoms with E-state index >= 15 is 0 Å². The first kappa shape index (κ1) is 16.7. The van der Waals surface area contributed by atoms with Gasteiger partial charge in [-0.1, -0.05) is 0 Å². The molecule has 0 aliphatic heterocycles. The summed E-state index contributed by atoms with van der Waals surface area (Å²) in [6.45, 7) is 0. The van der Waals surface area contributed by atoms with E-state index in [1.807, 2.05) is 0 Å². The Bertz CT molecular complexity index is 147. The van der Waals surface area contributed by atoms with Crippen LogP contribution in [0.15, 0.2) is 12.5 Å². The van der Waals surface area contributed by atoms with E-state index in [4.69, 9.17) is 27.7 Å². The van der Waals surface area contributed by atoms with Crippen molar-refractivity contribution in [3.8, 4) is 0 Å². The second kappa shape index (κ2) is 9.21. The van der Waals surface area contributed by atoms with Gasteiger partial charge in [-0.2, -0.15) is 8.42 Å². The van der Waals surface area contributed by atoms with E-state index in [-0.39, 0.29) is 29.6 Å². The maximum absolute atomic E-state index is 8.74. The Morgan fingerprint density at radius 2 is 1.10 bits per heavy atom. The fourth-order valence-electron chi connectivity index (χ4n) is 0. The van der Waals surface area contributed by atoms with Gasteiger partial charge in [0.1, 0.15) is 12.5 Å². The van der Waals surface area contributed by atoms with Crippen LogP contribution >= 0.6 is 0 Å². The maximum atomic E-state index is 8.74. The zero-order valence-electron chi connectivity index (χ0n) is 4.17. The van der Waals surface area contributed by atoms with E-state index in [0.29, 0.717) is 12.5 Å². The molecule has 58 valence electrons. The predicted molar refractivity (Wildman–Crippen MR) is 35.7 cm³/mol. The van der Waals surface area contributed by atoms with E-state index < -0.39 is 10.4 Å². The number of rotatable bonds is 0. The van der Waals surface area contributed by atoms with Gasteiger partial charge in [0.25, 0.3) is 0 Å². The van der Waals surface area contributed by atoms with Crippen molar-refractivity contribution in [1.29, 1.82) is 0 Å². The van der Waals surface area contributed by atoms with Crippen LogP contribution in [0.1, 0.15) is 0 Å². The summed E-state index contributed by atoms with van der Waals surface area (Å²) < 4.78 is 31.6. The van der Waals surface area contributed by atoms with Crippen molar-refractivity contribution in [2.24, 2.45) is 0 Å². The Balaban J connectivity index is -0.0000000910. The Morgan fingerprint density at radius 1 is 1.00 bits per heavy atom. The molecule has 0 spiro atoms. The average molecular weight is 182 g/mol. The molecule has 10 heavy (non-hydrogen) atoms. The van der Waals surface area contributed by atoms with Crippen LogP contribution in [-0.4, -0.2) is 57.3 Å². The van der Waals surface area contributed by atoms with E-state index in [2.05, 4.69) is 0 Å². The Morgan fingerprint density at radius 3 is 1.10 bits per heavy atom. The molecule has 6 nitrogen and oxygen atoms in total. The third-order valence-electron chi connectivity index (χ3n) is 0.0667. The molecule has 0 aliphatic rings. The van der Waals surface area contributed by atoms with Gasteiger partial charge in [-0.3, -0.25) is 9.11 Å². The first-order valence-electron chi connectivity index (χ1n) is 1.55. The van der Waals surface area contributed by atoms with Crippen LogP contribution in [0.4, 0.5) is 0 Å². The third kappa shape index (κ3) is 292. The van der Waals surface area contributed by atoms with E-state index in [1.54, 1.807) is 0 Å². The van der Waals surface area contributed by atoms with Crippen molar-refractivity contribution < 1.29 is 27.7 Å². The molecule has 0 radical (unpaired) electrons. The van der Waals surface area contributed by atoms with Gasteiger partial charge in [0, 0.05) is 0 Å². The van der Waals surface area contributed by atoms with Gasteiger partial charge in [-0.05, 0) is 0 Å². The molecule has 8 heteroatoms. The number of hydrogen-bond acceptors (Lipinski definition) is 4. The SMILES string of the molecule is O=S(=O)(O)O.OC=CO.[NaH]. The monoisotopic (exact) mass is 182 g/mol. The van der Waals surface area contributed by atoms with Gasteiger partial charge in [0.2, 0.25) is 0 Å². The molecular formula is C2H7NaO6S. The van der Waals surface area contributed by atoms with Crippen molar-refractivity contribution >= 4 is 40.0 Å². The first-order chi connectivity index (χ1) is 3.91. The number of aliphatic hydroxyl groups is 2. The molecule has 0 saturated heterocycles. The Labute approximate surface area is 80.1 Å². The van der Waals surface area contributed by atoms with Crippen LogP contribution in [0.2, 0.25) is 0 Å². The molecule has 0 fully saturated rings. The normalized spacial score (nSPS) is 9.40. The minimum absolute atomic E-state index is 0. The van der Waals surface area contributed by atoms with Crippen molar-refractivity contribution in [3.63, 3.8) is 0 Å². The summed E-state index contributed by atoms with van der Waals surface area (Å²) in [7, 11) is -4.67. The zero-order valence-corrected chi connectivity index (χ0v) is 4.98. The van der Waals surface area contributed by atoms with Crippen LogP contribution < -0.4 is 0 Å². The number of aliphatic hydroxyl groups excluding tert-OH is 2. The second-order valence-electron chi connectivity index (χ2n) is 0.746. The fraction of sp³-hybridized carbons (Fsp3) is 0. The van der Waals surface area contributed by atoms with Crippen LogP contribution in [0, 0.1) is 0 Å². The van der Waals surface area contributed by atoms with E-state index in [9.17, 15) is 0 Å². The summed E-state index contributed by atoms with van der Waals surface area (Å²) in [5.41, 5.74) is 0. The summed E-state index contributed by atoms with van der Waals surface area (Å²) in [5, 5.41) is 14.9. The van der Waals surface area contributed by atoms with Crippen molar-refractivity contribution in [1.82, 2.24) is 0 Å². The molecule has 0 rings (SSSR count). The predicted octanol–water partition coefficient (Wildman–Crippen LogP) is -0.728. The molecule has 0 atom stereocenters. The van der Waals surface area contributed by atoms with E-state index in [0.717, 1.165) is 0 Å². The molecule has 0 bridgehead atoms. The van der Waals surface area contributed by atoms with Gasteiger partial charge >= 0.3 is 40.0 Å². The molecular weight excluding hydrogens is 175 g/mol. The molecule has 0 aromatic carbocycles. The molecule has 0 aliphatic carbocycles. The van der Waals surface area contributed by atoms with Crippen molar-refractivity contribution in [2.45, 2.75) is 0 Å². The Kier molecular flexibility index (Phi) is 15.3. The Hall–Kier alpha value is 0.210. The van der Waals surface area contributed by atoms with Crippen LogP contribution in [0.5, 0.6) is 0 Å². The average Bonchev–Trinajstić information content (AvgIpc) is 1.61. The van der Waals surface area contributed by atoms with Gasteiger partial charge in [-0.25, -0.2) is 0 Å². The molecule has 0 saturated carbocycles. The molecule has 0 aromatic rings. The molecule has 0 aromatic heterocycles. The topological polar surface area (TPSA) is 115 Å². The first-order valence-corrected chi connectivity index (χ1v) is 2.95. The van der Waals surface area contributed by atoms with Gasteiger partial charge in [-0.15, -0.1) is 0 Å². The van der Waals surface area contributed by atoms with E-state index in [1.165, 1.54) is 0 Å². The summed E-state index contributed by atoms with van der Waals surface area (Å²) >= 11 is 0. The molecule has 0 unspecified atom stereocenters. The van der Waals surface area contributed by atoms with Crippen LogP contribution in [-0.2, 0) is 10.4 Å². The van der Waals surface area contributed by atoms with Crippen LogP contribution in [0.3, 0.4) is 0 Å². The second-order valence-corrected chi connectivity index (χ2v) is 1.64. The third-order valence-corrected chi connectivity index (χ3v) is 0.0667. The van der Waals surface area contributed by atoms with Gasteiger partial charge < -0.3 is 10.2 Å². The zero-order chi connectivity index (χ0) is 7.91. The molecule has 0 heterocycles. The summed E-state index contributed by atoms with van der Waals surface area (Å²) in [5.74, 6) is 0. The summed E-state index contributed by atoms with van der Waals surface area (Å²) in [6.07, 6.45) is 1.11. The van der Waals surface area contributed by atoms with Gasteiger partial charge in [0.05, 0.1) is 0 Å². The fourth-order valence-corrected chi connectivity index (χ4v) is 0. The standard InChI is InChI=1S/C2H4O2.Na.H2O4S.H/c3-1-2-4;;1-5(2,3)4;/h1-4H;;(H2,1,2,3,4);. The van der Waals surface area contributed by atoms with Crippen LogP contribution in [0.25, 0.3) is 0 Å². The van der Waals surface area contributed by atoms with Crippen molar-refractivity contribution in [2.75, 3.05) is 0 Å². The van der Waals surface area contributed by atoms with Crippen molar-refractivity contribution in [3.05, 3.63) is 12.5 Å². The molecule has 4 N–H and O–H groups in total. The van der Waals surface area contributed by atoms with Gasteiger partial charge in [0.15, 0.2) is 0 Å². The summed E-state index contributed by atoms with van der Waals surface area (Å²) in [4.78, 5) is 0. The molecule has 0 amide bonds.